The molecule has 0 spiro atoms. The van der Waals surface area contributed by atoms with Crippen LogP contribution in [0.2, 0.25) is 0 Å². The van der Waals surface area contributed by atoms with Crippen molar-refractivity contribution in [3.63, 3.8) is 0 Å². The molecule has 0 saturated carbocycles. The Morgan fingerprint density at radius 2 is 2.21 bits per heavy atom. The lowest BCUT2D eigenvalue weighted by Crippen LogP contribution is -2.25. The Labute approximate surface area is 123 Å². The van der Waals surface area contributed by atoms with Crippen molar-refractivity contribution in [3.8, 4) is 0 Å². The summed E-state index contributed by atoms with van der Waals surface area (Å²) in [4.78, 5) is 4.49. The summed E-state index contributed by atoms with van der Waals surface area (Å²) < 4.78 is 3.22. The monoisotopic (exact) mass is 321 g/mol. The average Bonchev–Trinajstić information content (AvgIpc) is 2.80. The van der Waals surface area contributed by atoms with Crippen molar-refractivity contribution in [2.24, 2.45) is 7.05 Å². The molecule has 1 atom stereocenters. The van der Waals surface area contributed by atoms with E-state index in [4.69, 9.17) is 0 Å². The lowest BCUT2D eigenvalue weighted by molar-refractivity contribution is 0.555. The first-order chi connectivity index (χ1) is 9.13. The van der Waals surface area contributed by atoms with Crippen molar-refractivity contribution in [1.29, 1.82) is 0 Å². The molecule has 0 fully saturated rings. The number of halogens is 1. The van der Waals surface area contributed by atoms with Crippen LogP contribution in [0.1, 0.15) is 36.3 Å². The molecule has 1 N–H and O–H groups in total. The van der Waals surface area contributed by atoms with E-state index >= 15 is 0 Å². The molecule has 3 nitrogen and oxygen atoms in total. The summed E-state index contributed by atoms with van der Waals surface area (Å²) in [5.41, 5.74) is 2.50. The Balaban J connectivity index is 2.37. The first-order valence-electron chi connectivity index (χ1n) is 6.60. The molecule has 102 valence electrons. The molecule has 4 heteroatoms. The second-order valence-electron chi connectivity index (χ2n) is 4.79. The first kappa shape index (κ1) is 14.3. The van der Waals surface area contributed by atoms with Gasteiger partial charge in [-0.25, -0.2) is 4.98 Å². The van der Waals surface area contributed by atoms with Gasteiger partial charge < -0.3 is 9.88 Å². The quantitative estimate of drug-likeness (QED) is 0.912. The maximum atomic E-state index is 4.49. The zero-order valence-corrected chi connectivity index (χ0v) is 13.2. The second kappa shape index (κ2) is 6.35. The molecule has 1 aromatic carbocycles. The molecule has 0 radical (unpaired) electrons. The summed E-state index contributed by atoms with van der Waals surface area (Å²) >= 11 is 3.55. The van der Waals surface area contributed by atoms with Gasteiger partial charge >= 0.3 is 0 Å². The normalized spacial score (nSPS) is 12.6. The van der Waals surface area contributed by atoms with Gasteiger partial charge in [0.05, 0.1) is 6.04 Å². The van der Waals surface area contributed by atoms with Crippen molar-refractivity contribution in [3.05, 3.63) is 52.0 Å². The van der Waals surface area contributed by atoms with Crippen molar-refractivity contribution >= 4 is 15.9 Å². The number of hydrogen-bond donors (Lipinski definition) is 1. The highest BCUT2D eigenvalue weighted by molar-refractivity contribution is 9.10. The molecule has 1 heterocycles. The van der Waals surface area contributed by atoms with Gasteiger partial charge in [0, 0.05) is 23.9 Å². The van der Waals surface area contributed by atoms with Crippen LogP contribution in [0.3, 0.4) is 0 Å². The second-order valence-corrected chi connectivity index (χ2v) is 5.65. The standard InChI is InChI=1S/C15H20BrN3/c1-4-7-17-14(15-18-8-9-19(15)3)12-5-6-13(16)11(2)10-12/h5-6,8-10,14,17H,4,7H2,1-3H3. The minimum Gasteiger partial charge on any atom is -0.336 e. The number of hydrogen-bond acceptors (Lipinski definition) is 2. The fourth-order valence-electron chi connectivity index (χ4n) is 2.15. The van der Waals surface area contributed by atoms with Gasteiger partial charge in [0.25, 0.3) is 0 Å². The van der Waals surface area contributed by atoms with Crippen molar-refractivity contribution < 1.29 is 0 Å². The van der Waals surface area contributed by atoms with Crippen LogP contribution in [0.4, 0.5) is 0 Å². The van der Waals surface area contributed by atoms with E-state index in [9.17, 15) is 0 Å². The van der Waals surface area contributed by atoms with Gasteiger partial charge in [-0.2, -0.15) is 0 Å². The molecule has 0 aliphatic carbocycles. The summed E-state index contributed by atoms with van der Waals surface area (Å²) in [6.07, 6.45) is 4.94. The largest absolute Gasteiger partial charge is 0.336 e. The fourth-order valence-corrected chi connectivity index (χ4v) is 2.40. The zero-order chi connectivity index (χ0) is 13.8. The Hall–Kier alpha value is -1.13. The summed E-state index contributed by atoms with van der Waals surface area (Å²) in [5.74, 6) is 1.05. The Morgan fingerprint density at radius 3 is 2.79 bits per heavy atom. The number of aromatic nitrogens is 2. The third-order valence-corrected chi connectivity index (χ3v) is 4.12. The predicted octanol–water partition coefficient (Wildman–Crippen LogP) is 3.58. The molecular weight excluding hydrogens is 302 g/mol. The number of nitrogens with zero attached hydrogens (tertiary/aromatic N) is 2. The van der Waals surface area contributed by atoms with Gasteiger partial charge in [-0.1, -0.05) is 35.0 Å². The average molecular weight is 322 g/mol. The molecule has 1 unspecified atom stereocenters. The highest BCUT2D eigenvalue weighted by atomic mass is 79.9. The highest BCUT2D eigenvalue weighted by Gasteiger charge is 2.17. The SMILES string of the molecule is CCCNC(c1ccc(Br)c(C)c1)c1nccn1C. The van der Waals surface area contributed by atoms with E-state index in [1.807, 2.05) is 19.4 Å². The molecule has 19 heavy (non-hydrogen) atoms. The third kappa shape index (κ3) is 3.25. The van der Waals surface area contributed by atoms with Gasteiger partial charge in [-0.3, -0.25) is 0 Å². The zero-order valence-electron chi connectivity index (χ0n) is 11.7. The molecule has 2 rings (SSSR count). The van der Waals surface area contributed by atoms with E-state index in [2.05, 4.69) is 62.8 Å². The van der Waals surface area contributed by atoms with Crippen molar-refractivity contribution in [2.45, 2.75) is 26.3 Å². The molecule has 0 aliphatic rings. The molecule has 0 bridgehead atoms. The fraction of sp³-hybridized carbons (Fsp3) is 0.400. The molecular formula is C15H20BrN3. The van der Waals surface area contributed by atoms with Gasteiger partial charge in [0.2, 0.25) is 0 Å². The minimum absolute atomic E-state index is 0.145. The lowest BCUT2D eigenvalue weighted by atomic mass is 10.0. The Kier molecular flexibility index (Phi) is 4.77. The number of nitrogens with one attached hydrogen (secondary N) is 1. The van der Waals surface area contributed by atoms with E-state index < -0.39 is 0 Å². The first-order valence-corrected chi connectivity index (χ1v) is 7.39. The van der Waals surface area contributed by atoms with Crippen molar-refractivity contribution in [2.75, 3.05) is 6.54 Å². The molecule has 2 aromatic rings. The summed E-state index contributed by atoms with van der Waals surface area (Å²) in [7, 11) is 2.04. The maximum absolute atomic E-state index is 4.49. The van der Waals surface area contributed by atoms with Crippen LogP contribution in [-0.4, -0.2) is 16.1 Å². The number of rotatable bonds is 5. The highest BCUT2D eigenvalue weighted by Crippen LogP contribution is 2.25. The molecule has 0 amide bonds. The number of benzene rings is 1. The van der Waals surface area contributed by atoms with Gasteiger partial charge in [0.1, 0.15) is 5.82 Å². The van der Waals surface area contributed by atoms with Crippen LogP contribution in [0.5, 0.6) is 0 Å². The van der Waals surface area contributed by atoms with Gasteiger partial charge in [-0.05, 0) is 37.1 Å². The van der Waals surface area contributed by atoms with E-state index in [1.54, 1.807) is 0 Å². The molecule has 1 aromatic heterocycles. The summed E-state index contributed by atoms with van der Waals surface area (Å²) in [6.45, 7) is 5.27. The maximum Gasteiger partial charge on any atom is 0.130 e. The van der Waals surface area contributed by atoms with Crippen LogP contribution < -0.4 is 5.32 Å². The van der Waals surface area contributed by atoms with Gasteiger partial charge in [0.15, 0.2) is 0 Å². The van der Waals surface area contributed by atoms with Crippen molar-refractivity contribution in [1.82, 2.24) is 14.9 Å². The van der Waals surface area contributed by atoms with Crippen LogP contribution >= 0.6 is 15.9 Å². The van der Waals surface area contributed by atoms with E-state index in [0.29, 0.717) is 0 Å². The van der Waals surface area contributed by atoms with Crippen LogP contribution in [0.15, 0.2) is 35.1 Å². The summed E-state index contributed by atoms with van der Waals surface area (Å²) in [5, 5.41) is 3.58. The lowest BCUT2D eigenvalue weighted by Gasteiger charge is -2.19. The third-order valence-electron chi connectivity index (χ3n) is 3.23. The molecule has 0 aliphatic heterocycles. The number of aryl methyl sites for hydroxylation is 2. The van der Waals surface area contributed by atoms with Crippen LogP contribution in [0.25, 0.3) is 0 Å². The Morgan fingerprint density at radius 1 is 1.42 bits per heavy atom. The predicted molar refractivity (Wildman–Crippen MR) is 82.2 cm³/mol. The number of imidazole rings is 1. The van der Waals surface area contributed by atoms with E-state index in [0.717, 1.165) is 23.3 Å². The Bertz CT molecular complexity index is 548. The molecule has 0 saturated heterocycles. The van der Waals surface area contributed by atoms with Gasteiger partial charge in [-0.15, -0.1) is 0 Å². The van der Waals surface area contributed by atoms with Crippen LogP contribution in [-0.2, 0) is 7.05 Å². The smallest absolute Gasteiger partial charge is 0.130 e. The van der Waals surface area contributed by atoms with E-state index in [1.165, 1.54) is 11.1 Å². The van der Waals surface area contributed by atoms with E-state index in [-0.39, 0.29) is 6.04 Å². The summed E-state index contributed by atoms with van der Waals surface area (Å²) in [6, 6.07) is 6.62. The minimum atomic E-state index is 0.145. The van der Waals surface area contributed by atoms with Crippen LogP contribution in [0, 0.1) is 6.92 Å². The topological polar surface area (TPSA) is 29.9 Å².